The lowest BCUT2D eigenvalue weighted by atomic mass is 10.1. The predicted molar refractivity (Wildman–Crippen MR) is 111 cm³/mol. The Bertz CT molecular complexity index is 752. The number of guanidine groups is 1. The van der Waals surface area contributed by atoms with Gasteiger partial charge in [-0.25, -0.2) is 0 Å². The minimum atomic E-state index is 0.0499. The minimum absolute atomic E-state index is 0.0499. The van der Waals surface area contributed by atoms with E-state index in [2.05, 4.69) is 39.3 Å². The van der Waals surface area contributed by atoms with E-state index in [0.29, 0.717) is 18.9 Å². The van der Waals surface area contributed by atoms with Gasteiger partial charge in [0.2, 0.25) is 5.91 Å². The average molecular weight is 373 g/mol. The summed E-state index contributed by atoms with van der Waals surface area (Å²) in [5, 5.41) is 11.7. The molecule has 0 aliphatic carbocycles. The molecule has 6 heteroatoms. The van der Waals surface area contributed by atoms with Gasteiger partial charge in [-0.3, -0.25) is 9.79 Å². The highest BCUT2D eigenvalue weighted by Gasteiger charge is 2.06. The molecule has 26 heavy (non-hydrogen) atoms. The highest BCUT2D eigenvalue weighted by Crippen LogP contribution is 2.15. The summed E-state index contributed by atoms with van der Waals surface area (Å²) in [5.41, 5.74) is 3.21. The molecule has 0 atom stereocenters. The molecule has 2 aromatic rings. The second-order valence-corrected chi connectivity index (χ2v) is 7.65. The summed E-state index contributed by atoms with van der Waals surface area (Å²) in [5.74, 6) is 1.15. The van der Waals surface area contributed by atoms with E-state index in [0.717, 1.165) is 23.8 Å². The molecule has 0 spiro atoms. The third-order valence-electron chi connectivity index (χ3n) is 3.87. The molecule has 0 bridgehead atoms. The van der Waals surface area contributed by atoms with E-state index < -0.39 is 0 Å². The zero-order valence-corrected chi connectivity index (χ0v) is 16.7. The monoisotopic (exact) mass is 372 g/mol. The maximum Gasteiger partial charge on any atom is 0.224 e. The molecule has 140 valence electrons. The van der Waals surface area contributed by atoms with Crippen molar-refractivity contribution < 1.29 is 4.79 Å². The van der Waals surface area contributed by atoms with Gasteiger partial charge in [-0.05, 0) is 47.5 Å². The van der Waals surface area contributed by atoms with Crippen LogP contribution in [0.5, 0.6) is 0 Å². The van der Waals surface area contributed by atoms with E-state index in [9.17, 15) is 4.79 Å². The zero-order valence-electron chi connectivity index (χ0n) is 15.9. The summed E-state index contributed by atoms with van der Waals surface area (Å²) in [6.45, 7) is 7.58. The van der Waals surface area contributed by atoms with Gasteiger partial charge < -0.3 is 16.0 Å². The molecular formula is C20H28N4OS. The van der Waals surface area contributed by atoms with E-state index >= 15 is 0 Å². The first-order valence-electron chi connectivity index (χ1n) is 8.84. The van der Waals surface area contributed by atoms with Crippen LogP contribution in [0.2, 0.25) is 0 Å². The molecule has 0 fully saturated rings. The number of carbonyl (C=O) groups excluding carboxylic acids is 1. The average Bonchev–Trinajstić information content (AvgIpc) is 2.99. The minimum Gasteiger partial charge on any atom is -0.352 e. The Morgan fingerprint density at radius 3 is 2.62 bits per heavy atom. The maximum absolute atomic E-state index is 11.9. The largest absolute Gasteiger partial charge is 0.352 e. The molecule has 0 aliphatic rings. The normalized spacial score (nSPS) is 11.5. The Morgan fingerprint density at radius 1 is 1.19 bits per heavy atom. The van der Waals surface area contributed by atoms with Crippen LogP contribution in [0.1, 0.15) is 36.3 Å². The van der Waals surface area contributed by atoms with Gasteiger partial charge in [-0.1, -0.05) is 26.0 Å². The topological polar surface area (TPSA) is 65.5 Å². The molecule has 1 aromatic heterocycles. The smallest absolute Gasteiger partial charge is 0.224 e. The van der Waals surface area contributed by atoms with Gasteiger partial charge in [0.15, 0.2) is 5.96 Å². The van der Waals surface area contributed by atoms with Gasteiger partial charge in [0.1, 0.15) is 0 Å². The Morgan fingerprint density at radius 2 is 1.96 bits per heavy atom. The van der Waals surface area contributed by atoms with Crippen LogP contribution in [0, 0.1) is 12.8 Å². The summed E-state index contributed by atoms with van der Waals surface area (Å²) >= 11 is 1.74. The van der Waals surface area contributed by atoms with Gasteiger partial charge in [0.05, 0.1) is 6.54 Å². The van der Waals surface area contributed by atoms with Crippen LogP contribution in [0.15, 0.2) is 40.7 Å². The van der Waals surface area contributed by atoms with Crippen LogP contribution in [0.25, 0.3) is 0 Å². The van der Waals surface area contributed by atoms with Gasteiger partial charge >= 0.3 is 0 Å². The number of rotatable bonds is 7. The Hall–Kier alpha value is -2.34. The summed E-state index contributed by atoms with van der Waals surface area (Å²) in [7, 11) is 1.76. The lowest BCUT2D eigenvalue weighted by molar-refractivity contribution is -0.116. The van der Waals surface area contributed by atoms with Crippen molar-refractivity contribution >= 4 is 28.9 Å². The van der Waals surface area contributed by atoms with Crippen LogP contribution >= 0.6 is 11.3 Å². The molecule has 1 heterocycles. The maximum atomic E-state index is 11.9. The molecular weight excluding hydrogens is 344 g/mol. The second-order valence-electron chi connectivity index (χ2n) is 6.65. The number of thiophene rings is 1. The van der Waals surface area contributed by atoms with E-state index in [1.807, 2.05) is 38.1 Å². The number of aryl methyl sites for hydroxylation is 1. The number of anilines is 1. The first-order valence-corrected chi connectivity index (χ1v) is 9.72. The molecule has 5 nitrogen and oxygen atoms in total. The number of aliphatic imine (C=N–C) groups is 1. The van der Waals surface area contributed by atoms with E-state index in [-0.39, 0.29) is 5.91 Å². The van der Waals surface area contributed by atoms with Crippen molar-refractivity contribution in [3.05, 3.63) is 51.7 Å². The van der Waals surface area contributed by atoms with Gasteiger partial charge in [-0.15, -0.1) is 11.3 Å². The fourth-order valence-electron chi connectivity index (χ4n) is 2.50. The van der Waals surface area contributed by atoms with Crippen molar-refractivity contribution in [2.45, 2.75) is 40.3 Å². The second kappa shape index (κ2) is 9.97. The highest BCUT2D eigenvalue weighted by molar-refractivity contribution is 7.10. The van der Waals surface area contributed by atoms with Crippen LogP contribution in [0.3, 0.4) is 0 Å². The van der Waals surface area contributed by atoms with Crippen molar-refractivity contribution in [2.75, 3.05) is 12.4 Å². The first-order chi connectivity index (χ1) is 12.5. The molecule has 0 aliphatic heterocycles. The lowest BCUT2D eigenvalue weighted by Gasteiger charge is -2.13. The molecule has 1 amide bonds. The Labute approximate surface area is 159 Å². The third-order valence-corrected chi connectivity index (χ3v) is 4.90. The summed E-state index contributed by atoms with van der Waals surface area (Å²) < 4.78 is 0. The fourth-order valence-corrected chi connectivity index (χ4v) is 3.34. The van der Waals surface area contributed by atoms with E-state index in [1.54, 1.807) is 18.4 Å². The van der Waals surface area contributed by atoms with Gasteiger partial charge in [0, 0.05) is 30.6 Å². The molecule has 0 saturated carbocycles. The third kappa shape index (κ3) is 6.52. The van der Waals surface area contributed by atoms with Crippen LogP contribution < -0.4 is 16.0 Å². The van der Waals surface area contributed by atoms with Gasteiger partial charge in [0.25, 0.3) is 0 Å². The highest BCUT2D eigenvalue weighted by atomic mass is 32.1. The first kappa shape index (κ1) is 20.0. The molecule has 0 saturated heterocycles. The van der Waals surface area contributed by atoms with Crippen LogP contribution in [-0.2, 0) is 17.9 Å². The standard InChI is InChI=1S/C20H28N4OS/c1-14(2)10-19(25)24-17-7-5-6-16(11-17)12-22-20(21-4)23-13-18-15(3)8-9-26-18/h5-9,11,14H,10,12-13H2,1-4H3,(H,24,25)(H2,21,22,23). The van der Waals surface area contributed by atoms with Crippen molar-refractivity contribution in [1.82, 2.24) is 10.6 Å². The Balaban J connectivity index is 1.86. The zero-order chi connectivity index (χ0) is 18.9. The number of amides is 1. The Kier molecular flexibility index (Phi) is 7.66. The van der Waals surface area contributed by atoms with Crippen molar-refractivity contribution in [1.29, 1.82) is 0 Å². The number of hydrogen-bond acceptors (Lipinski definition) is 3. The summed E-state index contributed by atoms with van der Waals surface area (Å²) in [6.07, 6.45) is 0.529. The molecule has 3 N–H and O–H groups in total. The van der Waals surface area contributed by atoms with Gasteiger partial charge in [-0.2, -0.15) is 0 Å². The van der Waals surface area contributed by atoms with Crippen molar-refractivity contribution in [3.63, 3.8) is 0 Å². The SMILES string of the molecule is CN=C(NCc1cccc(NC(=O)CC(C)C)c1)NCc1sccc1C. The summed E-state index contributed by atoms with van der Waals surface area (Å²) in [4.78, 5) is 17.5. The summed E-state index contributed by atoms with van der Waals surface area (Å²) in [6, 6.07) is 10.0. The molecule has 0 unspecified atom stereocenters. The van der Waals surface area contributed by atoms with E-state index in [4.69, 9.17) is 0 Å². The van der Waals surface area contributed by atoms with Crippen LogP contribution in [0.4, 0.5) is 5.69 Å². The number of nitrogens with one attached hydrogen (secondary N) is 3. The van der Waals surface area contributed by atoms with E-state index in [1.165, 1.54) is 10.4 Å². The van der Waals surface area contributed by atoms with Crippen molar-refractivity contribution in [2.24, 2.45) is 10.9 Å². The molecule has 1 aromatic carbocycles. The van der Waals surface area contributed by atoms with Crippen molar-refractivity contribution in [3.8, 4) is 0 Å². The quantitative estimate of drug-likeness (QED) is 0.510. The lowest BCUT2D eigenvalue weighted by Crippen LogP contribution is -2.36. The number of carbonyl (C=O) groups is 1. The number of benzene rings is 1. The number of hydrogen-bond donors (Lipinski definition) is 3. The predicted octanol–water partition coefficient (Wildman–Crippen LogP) is 3.91. The number of nitrogens with zero attached hydrogens (tertiary/aromatic N) is 1. The molecule has 0 radical (unpaired) electrons. The van der Waals surface area contributed by atoms with Crippen LogP contribution in [-0.4, -0.2) is 18.9 Å². The fraction of sp³-hybridized carbons (Fsp3) is 0.400. The molecule has 2 rings (SSSR count).